The fraction of sp³-hybridized carbons (Fsp3) is 0.800. The van der Waals surface area contributed by atoms with Crippen LogP contribution in [0.1, 0.15) is 26.7 Å². The molecule has 2 unspecified atom stereocenters. The Bertz CT molecular complexity index is 174. The number of rotatable bonds is 4. The van der Waals surface area contributed by atoms with Gasteiger partial charge in [-0.05, 0) is 26.7 Å². The summed E-state index contributed by atoms with van der Waals surface area (Å²) < 4.78 is 5.44. The van der Waals surface area contributed by atoms with Gasteiger partial charge >= 0.3 is 0 Å². The first-order chi connectivity index (χ1) is 6.22. The lowest BCUT2D eigenvalue weighted by Crippen LogP contribution is -2.34. The molecular formula is C10H19NO2. The molecule has 13 heavy (non-hydrogen) atoms. The first kappa shape index (κ1) is 10.7. The maximum absolute atomic E-state index is 8.82. The summed E-state index contributed by atoms with van der Waals surface area (Å²) in [6, 6.07) is 0.273. The third-order valence-electron chi connectivity index (χ3n) is 2.16. The maximum atomic E-state index is 8.82. The number of hydrogen-bond donors (Lipinski definition) is 2. The lowest BCUT2D eigenvalue weighted by atomic mass is 10.2. The molecule has 1 saturated heterocycles. The van der Waals surface area contributed by atoms with Gasteiger partial charge in [-0.1, -0.05) is 11.6 Å². The summed E-state index contributed by atoms with van der Waals surface area (Å²) in [5.41, 5.74) is 0.998. The van der Waals surface area contributed by atoms with Crippen molar-refractivity contribution in [2.24, 2.45) is 0 Å². The van der Waals surface area contributed by atoms with E-state index in [0.717, 1.165) is 25.0 Å². The molecule has 0 aliphatic carbocycles. The average Bonchev–Trinajstić information content (AvgIpc) is 2.56. The summed E-state index contributed by atoms with van der Waals surface area (Å²) in [7, 11) is 0. The maximum Gasteiger partial charge on any atom is 0.108 e. The van der Waals surface area contributed by atoms with E-state index in [1.54, 1.807) is 0 Å². The first-order valence-electron chi connectivity index (χ1n) is 4.88. The van der Waals surface area contributed by atoms with Crippen molar-refractivity contribution in [1.82, 2.24) is 5.32 Å². The van der Waals surface area contributed by atoms with Crippen LogP contribution in [-0.2, 0) is 4.74 Å². The quantitative estimate of drug-likeness (QED) is 0.643. The molecule has 1 aliphatic rings. The number of aliphatic hydroxyl groups is 1. The lowest BCUT2D eigenvalue weighted by Gasteiger charge is -2.16. The Labute approximate surface area is 79.8 Å². The molecule has 3 heteroatoms. The number of ether oxygens (including phenoxy) is 1. The van der Waals surface area contributed by atoms with Crippen LogP contribution in [0.4, 0.5) is 0 Å². The number of nitrogens with one attached hydrogen (secondary N) is 1. The fourth-order valence-electron chi connectivity index (χ4n) is 1.53. The molecule has 1 rings (SSSR count). The zero-order chi connectivity index (χ0) is 9.68. The highest BCUT2D eigenvalue weighted by Gasteiger charge is 2.15. The summed E-state index contributed by atoms with van der Waals surface area (Å²) in [5, 5.41) is 12.2. The van der Waals surface area contributed by atoms with E-state index in [1.807, 2.05) is 13.0 Å². The van der Waals surface area contributed by atoms with Gasteiger partial charge < -0.3 is 9.84 Å². The van der Waals surface area contributed by atoms with E-state index in [1.165, 1.54) is 0 Å². The Morgan fingerprint density at radius 2 is 2.54 bits per heavy atom. The van der Waals surface area contributed by atoms with Gasteiger partial charge in [0.15, 0.2) is 0 Å². The zero-order valence-corrected chi connectivity index (χ0v) is 8.42. The molecule has 0 radical (unpaired) electrons. The summed E-state index contributed by atoms with van der Waals surface area (Å²) in [4.78, 5) is 0. The minimum Gasteiger partial charge on any atom is -0.392 e. The van der Waals surface area contributed by atoms with Crippen LogP contribution in [0.15, 0.2) is 11.6 Å². The summed E-state index contributed by atoms with van der Waals surface area (Å²) in [6.07, 6.45) is 4.48. The molecule has 0 aromatic heterocycles. The van der Waals surface area contributed by atoms with E-state index >= 15 is 0 Å². The van der Waals surface area contributed by atoms with Crippen molar-refractivity contribution in [2.75, 3.05) is 13.2 Å². The van der Waals surface area contributed by atoms with Crippen molar-refractivity contribution in [1.29, 1.82) is 0 Å². The minimum atomic E-state index is 0.136. The van der Waals surface area contributed by atoms with E-state index in [9.17, 15) is 0 Å². The highest BCUT2D eigenvalue weighted by molar-refractivity contribution is 5.03. The molecule has 2 atom stereocenters. The summed E-state index contributed by atoms with van der Waals surface area (Å²) >= 11 is 0. The molecule has 0 spiro atoms. The van der Waals surface area contributed by atoms with Gasteiger partial charge in [0.1, 0.15) is 6.23 Å². The van der Waals surface area contributed by atoms with Gasteiger partial charge in [-0.3, -0.25) is 5.32 Å². The van der Waals surface area contributed by atoms with Crippen molar-refractivity contribution < 1.29 is 9.84 Å². The van der Waals surface area contributed by atoms with E-state index in [0.29, 0.717) is 0 Å². The van der Waals surface area contributed by atoms with E-state index in [-0.39, 0.29) is 18.9 Å². The van der Waals surface area contributed by atoms with Crippen molar-refractivity contribution in [3.63, 3.8) is 0 Å². The van der Waals surface area contributed by atoms with Crippen LogP contribution in [0.2, 0.25) is 0 Å². The predicted molar refractivity (Wildman–Crippen MR) is 52.4 cm³/mol. The SMILES string of the molecule is C/C(=C\C(C)NC1CCCO1)CO. The molecule has 2 N–H and O–H groups in total. The second-order valence-corrected chi connectivity index (χ2v) is 3.63. The van der Waals surface area contributed by atoms with Gasteiger partial charge in [-0.25, -0.2) is 0 Å². The van der Waals surface area contributed by atoms with Gasteiger partial charge in [0.2, 0.25) is 0 Å². The Morgan fingerprint density at radius 3 is 3.08 bits per heavy atom. The van der Waals surface area contributed by atoms with Gasteiger partial charge in [-0.15, -0.1) is 0 Å². The van der Waals surface area contributed by atoms with Crippen LogP contribution >= 0.6 is 0 Å². The third-order valence-corrected chi connectivity index (χ3v) is 2.16. The Morgan fingerprint density at radius 1 is 1.77 bits per heavy atom. The Hall–Kier alpha value is -0.380. The molecule has 76 valence electrons. The highest BCUT2D eigenvalue weighted by Crippen LogP contribution is 2.10. The van der Waals surface area contributed by atoms with Crippen molar-refractivity contribution in [2.45, 2.75) is 39.0 Å². The molecule has 0 aromatic rings. The molecule has 0 saturated carbocycles. The van der Waals surface area contributed by atoms with Crippen molar-refractivity contribution in [3.05, 3.63) is 11.6 Å². The molecule has 1 heterocycles. The molecule has 0 amide bonds. The molecule has 1 fully saturated rings. The molecule has 3 nitrogen and oxygen atoms in total. The van der Waals surface area contributed by atoms with Gasteiger partial charge in [0.25, 0.3) is 0 Å². The molecule has 0 bridgehead atoms. The van der Waals surface area contributed by atoms with Crippen LogP contribution in [0.3, 0.4) is 0 Å². The zero-order valence-electron chi connectivity index (χ0n) is 8.42. The van der Waals surface area contributed by atoms with Crippen molar-refractivity contribution >= 4 is 0 Å². The van der Waals surface area contributed by atoms with Crippen LogP contribution in [0, 0.1) is 0 Å². The Balaban J connectivity index is 2.27. The predicted octanol–water partition coefficient (Wildman–Crippen LogP) is 1.04. The van der Waals surface area contributed by atoms with Gasteiger partial charge in [0, 0.05) is 12.6 Å². The summed E-state index contributed by atoms with van der Waals surface area (Å²) in [5.74, 6) is 0. The second kappa shape index (κ2) is 5.37. The Kier molecular flexibility index (Phi) is 4.42. The van der Waals surface area contributed by atoms with Gasteiger partial charge in [0.05, 0.1) is 6.61 Å². The highest BCUT2D eigenvalue weighted by atomic mass is 16.5. The standard InChI is InChI=1S/C10H19NO2/c1-8(7-12)6-9(2)11-10-4-3-5-13-10/h6,9-12H,3-5,7H2,1-2H3/b8-6+. The van der Waals surface area contributed by atoms with Gasteiger partial charge in [-0.2, -0.15) is 0 Å². The van der Waals surface area contributed by atoms with Crippen LogP contribution in [-0.4, -0.2) is 30.6 Å². The van der Waals surface area contributed by atoms with Crippen LogP contribution in [0.5, 0.6) is 0 Å². The van der Waals surface area contributed by atoms with E-state index in [2.05, 4.69) is 12.2 Å². The minimum absolute atomic E-state index is 0.136. The van der Waals surface area contributed by atoms with Crippen molar-refractivity contribution in [3.8, 4) is 0 Å². The second-order valence-electron chi connectivity index (χ2n) is 3.63. The first-order valence-corrected chi connectivity index (χ1v) is 4.88. The largest absolute Gasteiger partial charge is 0.392 e. The molecule has 1 aliphatic heterocycles. The normalized spacial score (nSPS) is 26.4. The average molecular weight is 185 g/mol. The number of aliphatic hydroxyl groups excluding tert-OH is 1. The summed E-state index contributed by atoms with van der Waals surface area (Å²) in [6.45, 7) is 5.00. The fourth-order valence-corrected chi connectivity index (χ4v) is 1.53. The smallest absolute Gasteiger partial charge is 0.108 e. The molecular weight excluding hydrogens is 166 g/mol. The van der Waals surface area contributed by atoms with E-state index in [4.69, 9.17) is 9.84 Å². The number of hydrogen-bond acceptors (Lipinski definition) is 3. The third kappa shape index (κ3) is 3.89. The van der Waals surface area contributed by atoms with Crippen LogP contribution < -0.4 is 5.32 Å². The lowest BCUT2D eigenvalue weighted by molar-refractivity contribution is 0.0798. The van der Waals surface area contributed by atoms with E-state index < -0.39 is 0 Å². The van der Waals surface area contributed by atoms with Crippen LogP contribution in [0.25, 0.3) is 0 Å². The topological polar surface area (TPSA) is 41.5 Å². The molecule has 0 aromatic carbocycles. The monoisotopic (exact) mass is 185 g/mol.